The van der Waals surface area contributed by atoms with E-state index in [0.29, 0.717) is 29.6 Å². The van der Waals surface area contributed by atoms with Crippen LogP contribution in [0.1, 0.15) is 17.3 Å². The molecule has 2 heterocycles. The molecule has 152 valence electrons. The highest BCUT2D eigenvalue weighted by Crippen LogP contribution is 2.40. The summed E-state index contributed by atoms with van der Waals surface area (Å²) in [5.74, 6) is -1.44. The minimum Gasteiger partial charge on any atom is -0.507 e. The Morgan fingerprint density at radius 1 is 1.28 bits per heavy atom. The third-order valence-electron chi connectivity index (χ3n) is 4.71. The van der Waals surface area contributed by atoms with Gasteiger partial charge in [0, 0.05) is 24.3 Å². The van der Waals surface area contributed by atoms with Crippen molar-refractivity contribution in [3.63, 3.8) is 0 Å². The van der Waals surface area contributed by atoms with Crippen LogP contribution in [0.3, 0.4) is 0 Å². The molecule has 3 rings (SSSR count). The van der Waals surface area contributed by atoms with Crippen LogP contribution < -0.4 is 4.74 Å². The summed E-state index contributed by atoms with van der Waals surface area (Å²) in [4.78, 5) is 33.4. The van der Waals surface area contributed by atoms with Gasteiger partial charge in [-0.15, -0.1) is 0 Å². The Morgan fingerprint density at radius 3 is 2.66 bits per heavy atom. The average molecular weight is 416 g/mol. The van der Waals surface area contributed by atoms with E-state index in [1.807, 2.05) is 19.0 Å². The number of benzene rings is 1. The van der Waals surface area contributed by atoms with E-state index in [2.05, 4.69) is 4.98 Å². The Hall–Kier alpha value is -2.90. The molecule has 2 aromatic rings. The molecule has 1 aromatic carbocycles. The van der Waals surface area contributed by atoms with E-state index in [9.17, 15) is 14.7 Å². The van der Waals surface area contributed by atoms with Crippen LogP contribution in [0.5, 0.6) is 5.75 Å². The van der Waals surface area contributed by atoms with Crippen molar-refractivity contribution in [3.8, 4) is 5.75 Å². The van der Waals surface area contributed by atoms with Crippen LogP contribution in [0.2, 0.25) is 5.02 Å². The number of rotatable bonds is 6. The van der Waals surface area contributed by atoms with Gasteiger partial charge in [0.05, 0.1) is 23.9 Å². The first-order chi connectivity index (χ1) is 13.8. The van der Waals surface area contributed by atoms with Gasteiger partial charge in [-0.3, -0.25) is 14.6 Å². The number of aliphatic hydroxyl groups excluding tert-OH is 1. The second kappa shape index (κ2) is 8.63. The van der Waals surface area contributed by atoms with Gasteiger partial charge in [-0.05, 0) is 44.4 Å². The van der Waals surface area contributed by atoms with Crippen molar-refractivity contribution in [1.29, 1.82) is 0 Å². The van der Waals surface area contributed by atoms with E-state index in [0.717, 1.165) is 0 Å². The van der Waals surface area contributed by atoms with E-state index >= 15 is 0 Å². The molecule has 0 spiro atoms. The molecule has 0 radical (unpaired) electrons. The number of carbonyl (C=O) groups is 2. The van der Waals surface area contributed by atoms with Gasteiger partial charge >= 0.3 is 0 Å². The average Bonchev–Trinajstić information content (AvgIpc) is 2.97. The highest BCUT2D eigenvalue weighted by atomic mass is 35.5. The summed E-state index contributed by atoms with van der Waals surface area (Å²) in [5, 5.41) is 11.4. The van der Waals surface area contributed by atoms with Crippen LogP contribution in [-0.4, -0.2) is 65.9 Å². The molecule has 1 aromatic heterocycles. The molecular formula is C21H22ClN3O4. The second-order valence-electron chi connectivity index (χ2n) is 6.89. The van der Waals surface area contributed by atoms with Gasteiger partial charge in [-0.2, -0.15) is 0 Å². The van der Waals surface area contributed by atoms with Gasteiger partial charge in [0.1, 0.15) is 17.6 Å². The van der Waals surface area contributed by atoms with Crippen LogP contribution in [0, 0.1) is 0 Å². The lowest BCUT2D eigenvalue weighted by Crippen LogP contribution is -2.35. The molecular weight excluding hydrogens is 394 g/mol. The van der Waals surface area contributed by atoms with Crippen LogP contribution >= 0.6 is 11.6 Å². The summed E-state index contributed by atoms with van der Waals surface area (Å²) in [6, 6.07) is 9.14. The number of ether oxygens (including phenoxy) is 1. The maximum Gasteiger partial charge on any atom is 0.295 e. The van der Waals surface area contributed by atoms with Crippen molar-refractivity contribution in [3.05, 3.63) is 64.4 Å². The number of amides is 1. The molecule has 0 bridgehead atoms. The number of ketones is 1. The molecule has 29 heavy (non-hydrogen) atoms. The fourth-order valence-electron chi connectivity index (χ4n) is 3.27. The predicted octanol–water partition coefficient (Wildman–Crippen LogP) is 2.73. The number of pyridine rings is 1. The summed E-state index contributed by atoms with van der Waals surface area (Å²) in [6.07, 6.45) is 1.58. The fraction of sp³-hybridized carbons (Fsp3) is 0.286. The minimum atomic E-state index is -0.806. The number of hydrogen-bond donors (Lipinski definition) is 1. The zero-order valence-electron chi connectivity index (χ0n) is 16.4. The number of aliphatic hydroxyl groups is 1. The number of carbonyl (C=O) groups excluding carboxylic acids is 2. The summed E-state index contributed by atoms with van der Waals surface area (Å²) >= 11 is 6.09. The molecule has 1 atom stereocenters. The highest BCUT2D eigenvalue weighted by molar-refractivity contribution is 6.46. The lowest BCUT2D eigenvalue weighted by molar-refractivity contribution is -0.140. The number of methoxy groups -OCH3 is 1. The molecule has 1 aliphatic heterocycles. The quantitative estimate of drug-likeness (QED) is 0.443. The first kappa shape index (κ1) is 20.8. The van der Waals surface area contributed by atoms with Crippen LogP contribution in [0.25, 0.3) is 5.76 Å². The zero-order chi connectivity index (χ0) is 21.1. The number of likely N-dealkylation sites (N-methyl/N-ethyl adjacent to an activating group) is 1. The van der Waals surface area contributed by atoms with Gasteiger partial charge < -0.3 is 19.6 Å². The maximum atomic E-state index is 12.9. The third-order valence-corrected chi connectivity index (χ3v) is 4.95. The fourth-order valence-corrected chi connectivity index (χ4v) is 3.45. The molecule has 8 heteroatoms. The minimum absolute atomic E-state index is 0.0342. The lowest BCUT2D eigenvalue weighted by atomic mass is 9.98. The number of Topliss-reactive ketones (excluding diaryl/α,β-unsaturated/α-hetero) is 1. The molecule has 1 aliphatic rings. The molecule has 7 nitrogen and oxygen atoms in total. The van der Waals surface area contributed by atoms with Crippen LogP contribution in [0.15, 0.2) is 48.2 Å². The lowest BCUT2D eigenvalue weighted by Gasteiger charge is -2.25. The van der Waals surface area contributed by atoms with E-state index in [-0.39, 0.29) is 16.9 Å². The summed E-state index contributed by atoms with van der Waals surface area (Å²) < 4.78 is 5.30. The maximum absolute atomic E-state index is 12.9. The van der Waals surface area contributed by atoms with Gasteiger partial charge in [-0.1, -0.05) is 17.7 Å². The van der Waals surface area contributed by atoms with E-state index in [1.165, 1.54) is 18.1 Å². The summed E-state index contributed by atoms with van der Waals surface area (Å²) in [7, 11) is 5.21. The Bertz CT molecular complexity index is 960. The number of nitrogens with zero attached hydrogens (tertiary/aromatic N) is 3. The van der Waals surface area contributed by atoms with Gasteiger partial charge in [0.25, 0.3) is 11.7 Å². The van der Waals surface area contributed by atoms with Crippen molar-refractivity contribution >= 4 is 29.1 Å². The smallest absolute Gasteiger partial charge is 0.295 e. The Balaban J connectivity index is 2.19. The van der Waals surface area contributed by atoms with E-state index in [1.54, 1.807) is 36.5 Å². The monoisotopic (exact) mass is 415 g/mol. The molecule has 1 saturated heterocycles. The molecule has 1 amide bonds. The molecule has 1 unspecified atom stereocenters. The third kappa shape index (κ3) is 4.11. The van der Waals surface area contributed by atoms with Crippen molar-refractivity contribution in [2.45, 2.75) is 6.04 Å². The second-order valence-corrected chi connectivity index (χ2v) is 7.33. The molecule has 1 fully saturated rings. The molecule has 0 aliphatic carbocycles. The number of aromatic nitrogens is 1. The first-order valence-corrected chi connectivity index (χ1v) is 9.41. The standard InChI is InChI=1S/C21H22ClN3O4/c1-24(2)10-11-25-18(15-6-4-5-9-23-15)17(20(27)21(25)28)19(26)14-12-13(22)7-8-16(14)29-3/h4-9,12,18,26H,10-11H2,1-3H3. The summed E-state index contributed by atoms with van der Waals surface area (Å²) in [6.45, 7) is 0.860. The van der Waals surface area contributed by atoms with Crippen molar-refractivity contribution in [2.75, 3.05) is 34.3 Å². The topological polar surface area (TPSA) is 83.0 Å². The number of hydrogen-bond acceptors (Lipinski definition) is 6. The first-order valence-electron chi connectivity index (χ1n) is 9.03. The van der Waals surface area contributed by atoms with E-state index in [4.69, 9.17) is 16.3 Å². The Kier molecular flexibility index (Phi) is 6.20. The number of likely N-dealkylation sites (tertiary alicyclic amines) is 1. The largest absolute Gasteiger partial charge is 0.507 e. The Morgan fingerprint density at radius 2 is 2.03 bits per heavy atom. The number of halogens is 1. The zero-order valence-corrected chi connectivity index (χ0v) is 17.2. The van der Waals surface area contributed by atoms with Gasteiger partial charge in [0.2, 0.25) is 0 Å². The normalized spacial score (nSPS) is 18.5. The molecule has 0 saturated carbocycles. The van der Waals surface area contributed by atoms with Gasteiger partial charge in [-0.25, -0.2) is 0 Å². The SMILES string of the molecule is COc1ccc(Cl)cc1C(O)=C1C(=O)C(=O)N(CCN(C)C)C1c1ccccn1. The highest BCUT2D eigenvalue weighted by Gasteiger charge is 2.46. The predicted molar refractivity (Wildman–Crippen MR) is 110 cm³/mol. The van der Waals surface area contributed by atoms with Crippen LogP contribution in [0.4, 0.5) is 0 Å². The summed E-state index contributed by atoms with van der Waals surface area (Å²) in [5.41, 5.74) is 0.701. The van der Waals surface area contributed by atoms with Crippen molar-refractivity contribution in [1.82, 2.24) is 14.8 Å². The van der Waals surface area contributed by atoms with Crippen molar-refractivity contribution in [2.24, 2.45) is 0 Å². The van der Waals surface area contributed by atoms with Crippen LogP contribution in [-0.2, 0) is 9.59 Å². The Labute approximate surface area is 174 Å². The van der Waals surface area contributed by atoms with Crippen molar-refractivity contribution < 1.29 is 19.4 Å². The van der Waals surface area contributed by atoms with E-state index < -0.39 is 17.7 Å². The molecule has 1 N–H and O–H groups in total. The van der Waals surface area contributed by atoms with Gasteiger partial charge in [0.15, 0.2) is 0 Å².